The van der Waals surface area contributed by atoms with E-state index in [1.807, 2.05) is 0 Å². The molecule has 3 heteroatoms. The molecular formula is C6H11N3-2. The van der Waals surface area contributed by atoms with Crippen LogP contribution in [0.1, 0.15) is 25.7 Å². The van der Waals surface area contributed by atoms with Gasteiger partial charge in [-0.3, -0.25) is 0 Å². The van der Waals surface area contributed by atoms with Gasteiger partial charge in [-0.1, -0.05) is 25.7 Å². The van der Waals surface area contributed by atoms with Crippen LogP contribution in [0.15, 0.2) is 0 Å². The van der Waals surface area contributed by atoms with Crippen LogP contribution in [0.2, 0.25) is 0 Å². The van der Waals surface area contributed by atoms with Crippen molar-refractivity contribution in [1.82, 2.24) is 5.53 Å². The first-order valence-electron chi connectivity index (χ1n) is 3.61. The van der Waals surface area contributed by atoms with Gasteiger partial charge in [0.2, 0.25) is 0 Å². The summed E-state index contributed by atoms with van der Waals surface area (Å²) in [5.74, 6) is 0. The van der Waals surface area contributed by atoms with E-state index in [9.17, 15) is 0 Å². The second kappa shape index (κ2) is 2.25. The summed E-state index contributed by atoms with van der Waals surface area (Å²) in [6.07, 6.45) is 5.14. The Morgan fingerprint density at radius 2 is 1.56 bits per heavy atom. The van der Waals surface area contributed by atoms with Gasteiger partial charge in [-0.2, -0.15) is 0 Å². The van der Waals surface area contributed by atoms with Gasteiger partial charge in [0.05, 0.1) is 0 Å². The Morgan fingerprint density at radius 3 is 2.11 bits per heavy atom. The molecule has 1 aliphatic heterocycles. The third kappa shape index (κ3) is 0.956. The van der Waals surface area contributed by atoms with Crippen molar-refractivity contribution >= 4 is 0 Å². The van der Waals surface area contributed by atoms with E-state index >= 15 is 0 Å². The minimum absolute atomic E-state index is 0.513. The zero-order valence-corrected chi connectivity index (χ0v) is 5.38. The van der Waals surface area contributed by atoms with Gasteiger partial charge < -0.3 is 16.4 Å². The van der Waals surface area contributed by atoms with E-state index in [0.29, 0.717) is 12.1 Å². The molecule has 1 saturated carbocycles. The highest BCUT2D eigenvalue weighted by molar-refractivity contribution is 5.14. The highest BCUT2D eigenvalue weighted by Gasteiger charge is 2.12. The lowest BCUT2D eigenvalue weighted by atomic mass is 9.92. The fraction of sp³-hybridized carbons (Fsp3) is 1.00. The number of nitrogens with zero attached hydrogens (tertiary/aromatic N) is 2. The number of nitrogens with one attached hydrogen (secondary N) is 1. The van der Waals surface area contributed by atoms with Crippen molar-refractivity contribution in [2.24, 2.45) is 0 Å². The second-order valence-corrected chi connectivity index (χ2v) is 2.78. The van der Waals surface area contributed by atoms with Gasteiger partial charge >= 0.3 is 0 Å². The van der Waals surface area contributed by atoms with Crippen LogP contribution in [0.5, 0.6) is 0 Å². The Balaban J connectivity index is 1.97. The maximum absolute atomic E-state index is 4.14. The van der Waals surface area contributed by atoms with Crippen LogP contribution >= 0.6 is 0 Å². The molecule has 0 aromatic rings. The van der Waals surface area contributed by atoms with Gasteiger partial charge in [-0.05, 0) is 0 Å². The lowest BCUT2D eigenvalue weighted by Crippen LogP contribution is -2.22. The van der Waals surface area contributed by atoms with Gasteiger partial charge in [0.1, 0.15) is 0 Å². The van der Waals surface area contributed by atoms with Gasteiger partial charge in [0, 0.05) is 0 Å². The van der Waals surface area contributed by atoms with Crippen LogP contribution in [0.25, 0.3) is 10.9 Å². The molecule has 2 aliphatic rings. The van der Waals surface area contributed by atoms with Gasteiger partial charge in [0.15, 0.2) is 0 Å². The van der Waals surface area contributed by atoms with Crippen molar-refractivity contribution in [3.8, 4) is 0 Å². The molecule has 2 atom stereocenters. The van der Waals surface area contributed by atoms with Crippen LogP contribution < -0.4 is 5.53 Å². The van der Waals surface area contributed by atoms with E-state index in [4.69, 9.17) is 0 Å². The van der Waals surface area contributed by atoms with Crippen molar-refractivity contribution in [1.29, 1.82) is 0 Å². The van der Waals surface area contributed by atoms with Gasteiger partial charge in [-0.25, -0.2) is 0 Å². The second-order valence-electron chi connectivity index (χ2n) is 2.78. The summed E-state index contributed by atoms with van der Waals surface area (Å²) < 4.78 is 0. The summed E-state index contributed by atoms with van der Waals surface area (Å²) in [5, 5.41) is 0. The molecule has 0 aromatic heterocycles. The van der Waals surface area contributed by atoms with Gasteiger partial charge in [-0.15, -0.1) is 12.1 Å². The molecular weight excluding hydrogens is 114 g/mol. The standard InChI is InChI=1S/C6H11N3/c1-2-4-6-5(3-1)7-9-8-6/h5-6,9H,1-4H2/q-2. The molecule has 52 valence electrons. The molecule has 0 amide bonds. The fourth-order valence-corrected chi connectivity index (χ4v) is 1.57. The SMILES string of the molecule is C1CCC2[N-]N[N-]C2C1. The van der Waals surface area contributed by atoms with Crippen molar-refractivity contribution in [3.05, 3.63) is 10.9 Å². The van der Waals surface area contributed by atoms with Crippen LogP contribution in [0, 0.1) is 0 Å². The van der Waals surface area contributed by atoms with E-state index < -0.39 is 0 Å². The fourth-order valence-electron chi connectivity index (χ4n) is 1.57. The summed E-state index contributed by atoms with van der Waals surface area (Å²) in [4.78, 5) is 0. The predicted octanol–water partition coefficient (Wildman–Crippen LogP) is 1.48. The zero-order valence-electron chi connectivity index (χ0n) is 5.38. The Labute approximate surface area is 55.1 Å². The molecule has 0 radical (unpaired) electrons. The quantitative estimate of drug-likeness (QED) is 0.523. The number of hydrogen-bond donors (Lipinski definition) is 1. The Bertz CT molecular complexity index is 92.5. The van der Waals surface area contributed by atoms with E-state index in [1.165, 1.54) is 25.7 Å². The maximum atomic E-state index is 4.14. The molecule has 1 heterocycles. The summed E-state index contributed by atoms with van der Waals surface area (Å²) >= 11 is 0. The van der Waals surface area contributed by atoms with Crippen molar-refractivity contribution in [3.63, 3.8) is 0 Å². The molecule has 2 fully saturated rings. The Kier molecular flexibility index (Phi) is 1.41. The number of fused-ring (bicyclic) bond motifs is 1. The van der Waals surface area contributed by atoms with Gasteiger partial charge in [0.25, 0.3) is 0 Å². The predicted molar refractivity (Wildman–Crippen MR) is 35.9 cm³/mol. The summed E-state index contributed by atoms with van der Waals surface area (Å²) in [6, 6.07) is 1.03. The minimum atomic E-state index is 0.513. The average Bonchev–Trinajstić information content (AvgIpc) is 2.33. The highest BCUT2D eigenvalue weighted by atomic mass is 15.7. The maximum Gasteiger partial charge on any atom is -0.0548 e. The monoisotopic (exact) mass is 125 g/mol. The molecule has 0 spiro atoms. The van der Waals surface area contributed by atoms with Crippen LogP contribution in [-0.2, 0) is 0 Å². The summed E-state index contributed by atoms with van der Waals surface area (Å²) in [6.45, 7) is 0. The summed E-state index contributed by atoms with van der Waals surface area (Å²) in [7, 11) is 0. The molecule has 2 unspecified atom stereocenters. The zero-order chi connectivity index (χ0) is 6.10. The number of hydrogen-bond acceptors (Lipinski definition) is 1. The van der Waals surface area contributed by atoms with Crippen LogP contribution in [0.3, 0.4) is 0 Å². The third-order valence-corrected chi connectivity index (χ3v) is 2.14. The average molecular weight is 125 g/mol. The van der Waals surface area contributed by atoms with E-state index in [-0.39, 0.29) is 0 Å². The summed E-state index contributed by atoms with van der Waals surface area (Å²) in [5.41, 5.74) is 11.0. The molecule has 9 heavy (non-hydrogen) atoms. The molecule has 1 N–H and O–H groups in total. The molecule has 0 aromatic carbocycles. The first kappa shape index (κ1) is 5.65. The third-order valence-electron chi connectivity index (χ3n) is 2.14. The minimum Gasteiger partial charge on any atom is -0.615 e. The Hall–Kier alpha value is -0.120. The highest BCUT2D eigenvalue weighted by Crippen LogP contribution is 2.31. The molecule has 1 saturated heterocycles. The first-order valence-corrected chi connectivity index (χ1v) is 3.61. The molecule has 1 aliphatic carbocycles. The van der Waals surface area contributed by atoms with E-state index in [0.717, 1.165) is 0 Å². The van der Waals surface area contributed by atoms with Crippen LogP contribution in [-0.4, -0.2) is 12.1 Å². The molecule has 2 rings (SSSR count). The van der Waals surface area contributed by atoms with Crippen molar-refractivity contribution < 1.29 is 0 Å². The largest absolute Gasteiger partial charge is 0.615 e. The lowest BCUT2D eigenvalue weighted by Gasteiger charge is -2.37. The normalized spacial score (nSPS) is 42.7. The van der Waals surface area contributed by atoms with Crippen molar-refractivity contribution in [2.75, 3.05) is 0 Å². The smallest absolute Gasteiger partial charge is 0.0548 e. The van der Waals surface area contributed by atoms with Crippen LogP contribution in [0.4, 0.5) is 0 Å². The van der Waals surface area contributed by atoms with Crippen molar-refractivity contribution in [2.45, 2.75) is 37.8 Å². The topological polar surface area (TPSA) is 40.2 Å². The molecule has 3 nitrogen and oxygen atoms in total. The van der Waals surface area contributed by atoms with E-state index in [1.54, 1.807) is 0 Å². The first-order chi connectivity index (χ1) is 4.47. The number of rotatable bonds is 0. The van der Waals surface area contributed by atoms with E-state index in [2.05, 4.69) is 16.4 Å². The molecule has 0 bridgehead atoms. The lowest BCUT2D eigenvalue weighted by molar-refractivity contribution is 0.463. The Morgan fingerprint density at radius 1 is 1.00 bits per heavy atom.